The molecular formula is C13H16ClNO2. The molecule has 1 aliphatic heterocycles. The Kier molecular flexibility index (Phi) is 2.49. The third-order valence-electron chi connectivity index (χ3n) is 3.60. The van der Waals surface area contributed by atoms with Crippen molar-refractivity contribution < 1.29 is 9.47 Å². The second-order valence-corrected chi connectivity index (χ2v) is 5.38. The van der Waals surface area contributed by atoms with Gasteiger partial charge in [-0.2, -0.15) is 0 Å². The number of halogens is 1. The molecule has 0 amide bonds. The molecule has 3 rings (SSSR count). The van der Waals surface area contributed by atoms with Gasteiger partial charge in [-0.25, -0.2) is 0 Å². The van der Waals surface area contributed by atoms with E-state index in [1.54, 1.807) is 7.11 Å². The van der Waals surface area contributed by atoms with E-state index in [0.717, 1.165) is 53.3 Å². The Balaban J connectivity index is 2.03. The highest BCUT2D eigenvalue weighted by molar-refractivity contribution is 6.32. The standard InChI is InChI=1S/C13H16ClNO2/c1-16-10-6-8(7-13(15)3-4-13)11(14)9-2-5-17-12(9)10/h6H,2-5,7,15H2,1H3. The van der Waals surface area contributed by atoms with Crippen LogP contribution in [0.5, 0.6) is 11.5 Å². The highest BCUT2D eigenvalue weighted by Gasteiger charge is 2.39. The number of rotatable bonds is 3. The maximum absolute atomic E-state index is 6.43. The third-order valence-corrected chi connectivity index (χ3v) is 4.07. The Morgan fingerprint density at radius 2 is 2.29 bits per heavy atom. The van der Waals surface area contributed by atoms with Crippen molar-refractivity contribution in [2.45, 2.75) is 31.2 Å². The molecule has 1 fully saturated rings. The summed E-state index contributed by atoms with van der Waals surface area (Å²) in [5, 5.41) is 0.815. The van der Waals surface area contributed by atoms with Gasteiger partial charge in [0.15, 0.2) is 11.5 Å². The van der Waals surface area contributed by atoms with Crippen molar-refractivity contribution in [2.24, 2.45) is 5.73 Å². The summed E-state index contributed by atoms with van der Waals surface area (Å²) < 4.78 is 10.9. The van der Waals surface area contributed by atoms with Crippen molar-refractivity contribution in [3.63, 3.8) is 0 Å². The number of hydrogen-bond acceptors (Lipinski definition) is 3. The number of benzene rings is 1. The minimum Gasteiger partial charge on any atom is -0.493 e. The van der Waals surface area contributed by atoms with Crippen LogP contribution in [0.1, 0.15) is 24.0 Å². The second kappa shape index (κ2) is 3.79. The molecule has 0 radical (unpaired) electrons. The molecule has 0 spiro atoms. The van der Waals surface area contributed by atoms with E-state index in [1.165, 1.54) is 0 Å². The SMILES string of the molecule is COc1cc(CC2(N)CC2)c(Cl)c2c1OCC2. The molecule has 0 saturated heterocycles. The van der Waals surface area contributed by atoms with Gasteiger partial charge in [0, 0.05) is 17.5 Å². The van der Waals surface area contributed by atoms with E-state index in [4.69, 9.17) is 26.8 Å². The minimum atomic E-state index is -0.0393. The fourth-order valence-corrected chi connectivity index (χ4v) is 2.66. The number of hydrogen-bond donors (Lipinski definition) is 1. The fourth-order valence-electron chi connectivity index (χ4n) is 2.36. The Hall–Kier alpha value is -0.930. The van der Waals surface area contributed by atoms with Crippen LogP contribution < -0.4 is 15.2 Å². The van der Waals surface area contributed by atoms with Gasteiger partial charge in [0.1, 0.15) is 0 Å². The summed E-state index contributed by atoms with van der Waals surface area (Å²) in [6, 6.07) is 1.97. The van der Waals surface area contributed by atoms with Gasteiger partial charge in [0.2, 0.25) is 0 Å². The summed E-state index contributed by atoms with van der Waals surface area (Å²) in [5.41, 5.74) is 8.28. The molecule has 92 valence electrons. The van der Waals surface area contributed by atoms with Crippen LogP contribution in [0.3, 0.4) is 0 Å². The maximum Gasteiger partial charge on any atom is 0.165 e. The van der Waals surface area contributed by atoms with Crippen LogP contribution in [0.15, 0.2) is 6.07 Å². The first kappa shape index (κ1) is 11.2. The number of nitrogens with two attached hydrogens (primary N) is 1. The lowest BCUT2D eigenvalue weighted by molar-refractivity contribution is 0.326. The zero-order valence-electron chi connectivity index (χ0n) is 9.88. The molecule has 0 unspecified atom stereocenters. The van der Waals surface area contributed by atoms with Crippen molar-refractivity contribution in [3.05, 3.63) is 22.2 Å². The third kappa shape index (κ3) is 1.87. The smallest absolute Gasteiger partial charge is 0.165 e. The molecular weight excluding hydrogens is 238 g/mol. The lowest BCUT2D eigenvalue weighted by Crippen LogP contribution is -2.24. The molecule has 1 saturated carbocycles. The van der Waals surface area contributed by atoms with Crippen molar-refractivity contribution in [1.82, 2.24) is 0 Å². The van der Waals surface area contributed by atoms with E-state index in [1.807, 2.05) is 6.07 Å². The quantitative estimate of drug-likeness (QED) is 0.899. The van der Waals surface area contributed by atoms with Gasteiger partial charge in [0.25, 0.3) is 0 Å². The van der Waals surface area contributed by atoms with Gasteiger partial charge < -0.3 is 15.2 Å². The van der Waals surface area contributed by atoms with Crippen LogP contribution >= 0.6 is 11.6 Å². The molecule has 0 bridgehead atoms. The molecule has 0 atom stereocenters. The molecule has 1 heterocycles. The molecule has 3 nitrogen and oxygen atoms in total. The summed E-state index contributed by atoms with van der Waals surface area (Å²) in [4.78, 5) is 0. The van der Waals surface area contributed by atoms with Crippen LogP contribution in [-0.4, -0.2) is 19.3 Å². The lowest BCUT2D eigenvalue weighted by atomic mass is 10.0. The normalized spacial score (nSPS) is 19.7. The summed E-state index contributed by atoms with van der Waals surface area (Å²) in [6.07, 6.45) is 3.85. The van der Waals surface area contributed by atoms with Crippen LogP contribution in [0.25, 0.3) is 0 Å². The molecule has 0 aromatic heterocycles. The summed E-state index contributed by atoms with van der Waals surface area (Å²) in [7, 11) is 1.66. The van der Waals surface area contributed by atoms with Gasteiger partial charge in [-0.05, 0) is 30.9 Å². The second-order valence-electron chi connectivity index (χ2n) is 5.00. The average molecular weight is 254 g/mol. The van der Waals surface area contributed by atoms with Crippen molar-refractivity contribution in [2.75, 3.05) is 13.7 Å². The van der Waals surface area contributed by atoms with Crippen molar-refractivity contribution in [3.8, 4) is 11.5 Å². The lowest BCUT2D eigenvalue weighted by Gasteiger charge is -2.15. The van der Waals surface area contributed by atoms with E-state index < -0.39 is 0 Å². The van der Waals surface area contributed by atoms with Crippen LogP contribution in [-0.2, 0) is 12.8 Å². The van der Waals surface area contributed by atoms with Crippen LogP contribution in [0, 0.1) is 0 Å². The van der Waals surface area contributed by atoms with Crippen LogP contribution in [0.4, 0.5) is 0 Å². The highest BCUT2D eigenvalue weighted by atomic mass is 35.5. The highest BCUT2D eigenvalue weighted by Crippen LogP contribution is 2.45. The monoisotopic (exact) mass is 253 g/mol. The maximum atomic E-state index is 6.43. The Bertz CT molecular complexity index is 469. The number of methoxy groups -OCH3 is 1. The molecule has 2 N–H and O–H groups in total. The number of ether oxygens (including phenoxy) is 2. The van der Waals surface area contributed by atoms with Gasteiger partial charge in [0.05, 0.1) is 18.7 Å². The fraction of sp³-hybridized carbons (Fsp3) is 0.538. The minimum absolute atomic E-state index is 0.0393. The zero-order valence-corrected chi connectivity index (χ0v) is 10.6. The van der Waals surface area contributed by atoms with Gasteiger partial charge in [-0.15, -0.1) is 0 Å². The number of fused-ring (bicyclic) bond motifs is 1. The Labute approximate surface area is 106 Å². The Morgan fingerprint density at radius 3 is 2.94 bits per heavy atom. The largest absolute Gasteiger partial charge is 0.493 e. The molecule has 2 aliphatic rings. The summed E-state index contributed by atoms with van der Waals surface area (Å²) in [5.74, 6) is 1.59. The van der Waals surface area contributed by atoms with Gasteiger partial charge in [-0.3, -0.25) is 0 Å². The van der Waals surface area contributed by atoms with E-state index >= 15 is 0 Å². The van der Waals surface area contributed by atoms with E-state index in [-0.39, 0.29) is 5.54 Å². The van der Waals surface area contributed by atoms with Gasteiger partial charge in [-0.1, -0.05) is 11.6 Å². The van der Waals surface area contributed by atoms with Crippen molar-refractivity contribution in [1.29, 1.82) is 0 Å². The van der Waals surface area contributed by atoms with E-state index in [0.29, 0.717) is 6.61 Å². The zero-order chi connectivity index (χ0) is 12.0. The molecule has 17 heavy (non-hydrogen) atoms. The topological polar surface area (TPSA) is 44.5 Å². The predicted molar refractivity (Wildman–Crippen MR) is 67.1 cm³/mol. The molecule has 1 aliphatic carbocycles. The van der Waals surface area contributed by atoms with E-state index in [2.05, 4.69) is 0 Å². The van der Waals surface area contributed by atoms with Crippen molar-refractivity contribution >= 4 is 11.6 Å². The first-order valence-electron chi connectivity index (χ1n) is 5.93. The summed E-state index contributed by atoms with van der Waals surface area (Å²) >= 11 is 6.43. The summed E-state index contributed by atoms with van der Waals surface area (Å²) in [6.45, 7) is 0.683. The van der Waals surface area contributed by atoms with Gasteiger partial charge >= 0.3 is 0 Å². The van der Waals surface area contributed by atoms with E-state index in [9.17, 15) is 0 Å². The first-order chi connectivity index (χ1) is 8.13. The van der Waals surface area contributed by atoms with Crippen LogP contribution in [0.2, 0.25) is 5.02 Å². The predicted octanol–water partition coefficient (Wildman–Crippen LogP) is 2.32. The molecule has 1 aromatic rings. The molecule has 4 heteroatoms. The molecule has 1 aromatic carbocycles. The average Bonchev–Trinajstić information content (AvgIpc) is 2.85. The first-order valence-corrected chi connectivity index (χ1v) is 6.31. The Morgan fingerprint density at radius 1 is 1.53 bits per heavy atom.